The lowest BCUT2D eigenvalue weighted by atomic mass is 10.0. The summed E-state index contributed by atoms with van der Waals surface area (Å²) in [5.41, 5.74) is -0.0954. The van der Waals surface area contributed by atoms with Gasteiger partial charge in [-0.05, 0) is 47.1 Å². The summed E-state index contributed by atoms with van der Waals surface area (Å²) in [6.45, 7) is 9.31. The van der Waals surface area contributed by atoms with E-state index < -0.39 is 54.0 Å². The van der Waals surface area contributed by atoms with Gasteiger partial charge in [0.25, 0.3) is 0 Å². The summed E-state index contributed by atoms with van der Waals surface area (Å²) in [5.74, 6) is -1.54. The van der Waals surface area contributed by atoms with Gasteiger partial charge in [-0.25, -0.2) is 23.9 Å². The van der Waals surface area contributed by atoms with Crippen LogP contribution in [0.25, 0.3) is 0 Å². The lowest BCUT2D eigenvalue weighted by Gasteiger charge is -2.36. The van der Waals surface area contributed by atoms with E-state index in [4.69, 9.17) is 14.2 Å². The van der Waals surface area contributed by atoms with E-state index in [0.717, 1.165) is 10.5 Å². The van der Waals surface area contributed by atoms with Crippen LogP contribution in [0.5, 0.6) is 0 Å². The Bertz CT molecular complexity index is 1200. The number of carbonyl (C=O) groups excluding carboxylic acids is 4. The molecule has 12 heteroatoms. The first kappa shape index (κ1) is 29.6. The van der Waals surface area contributed by atoms with Crippen molar-refractivity contribution in [3.63, 3.8) is 0 Å². The van der Waals surface area contributed by atoms with Crippen LogP contribution < -0.4 is 5.32 Å². The van der Waals surface area contributed by atoms with Crippen LogP contribution in [0.4, 0.5) is 9.59 Å². The van der Waals surface area contributed by atoms with E-state index in [2.05, 4.69) is 10.3 Å². The zero-order chi connectivity index (χ0) is 29.0. The molecule has 2 heterocycles. The van der Waals surface area contributed by atoms with Crippen molar-refractivity contribution in [1.82, 2.24) is 19.8 Å². The van der Waals surface area contributed by atoms with Crippen molar-refractivity contribution < 1.29 is 38.5 Å². The van der Waals surface area contributed by atoms with Gasteiger partial charge in [0, 0.05) is 6.42 Å². The van der Waals surface area contributed by atoms with E-state index >= 15 is 0 Å². The molecule has 39 heavy (non-hydrogen) atoms. The number of nitrogens with one attached hydrogen (secondary N) is 1. The molecule has 1 aliphatic heterocycles. The van der Waals surface area contributed by atoms with Gasteiger partial charge in [0.2, 0.25) is 5.91 Å². The molecule has 0 unspecified atom stereocenters. The molecule has 1 aromatic heterocycles. The fraction of sp³-hybridized carbons (Fsp3) is 0.519. The zero-order valence-electron chi connectivity index (χ0n) is 23.1. The number of ether oxygens (including phenoxy) is 3. The van der Waals surface area contributed by atoms with E-state index in [1.807, 2.05) is 6.07 Å². The minimum absolute atomic E-state index is 0.0367. The number of nitrogens with zero attached hydrogens (tertiary/aromatic N) is 3. The normalized spacial score (nSPS) is 16.1. The molecule has 12 nitrogen and oxygen atoms in total. The number of aliphatic hydroxyl groups is 1. The summed E-state index contributed by atoms with van der Waals surface area (Å²) in [6, 6.07) is 6.46. The first-order valence-corrected chi connectivity index (χ1v) is 12.6. The molecule has 2 amide bonds. The summed E-state index contributed by atoms with van der Waals surface area (Å²) in [7, 11) is 0. The first-order valence-electron chi connectivity index (χ1n) is 12.6. The molecule has 2 N–H and O–H groups in total. The Balaban J connectivity index is 1.81. The topological polar surface area (TPSA) is 149 Å². The van der Waals surface area contributed by atoms with Gasteiger partial charge in [0.1, 0.15) is 30.2 Å². The van der Waals surface area contributed by atoms with Gasteiger partial charge in [-0.2, -0.15) is 0 Å². The Labute approximate surface area is 227 Å². The third-order valence-corrected chi connectivity index (χ3v) is 5.56. The van der Waals surface area contributed by atoms with Crippen LogP contribution in [0.15, 0.2) is 36.7 Å². The highest BCUT2D eigenvalue weighted by Gasteiger charge is 2.41. The minimum atomic E-state index is -1.36. The predicted molar refractivity (Wildman–Crippen MR) is 138 cm³/mol. The van der Waals surface area contributed by atoms with Crippen molar-refractivity contribution in [3.8, 4) is 0 Å². The van der Waals surface area contributed by atoms with Gasteiger partial charge in [0.15, 0.2) is 6.04 Å². The fourth-order valence-electron chi connectivity index (χ4n) is 3.80. The average Bonchev–Trinajstić information content (AvgIpc) is 3.26. The molecule has 1 aromatic carbocycles. The van der Waals surface area contributed by atoms with Crippen LogP contribution in [0, 0.1) is 0 Å². The molecule has 0 aliphatic carbocycles. The maximum absolute atomic E-state index is 13.4. The lowest BCUT2D eigenvalue weighted by molar-refractivity contribution is -0.150. The number of rotatable bonds is 6. The van der Waals surface area contributed by atoms with Crippen molar-refractivity contribution in [2.45, 2.75) is 84.4 Å². The Morgan fingerprint density at radius 2 is 1.64 bits per heavy atom. The second-order valence-corrected chi connectivity index (χ2v) is 11.2. The second kappa shape index (κ2) is 11.9. The summed E-state index contributed by atoms with van der Waals surface area (Å²) in [5, 5.41) is 12.3. The van der Waals surface area contributed by atoms with Crippen LogP contribution in [-0.4, -0.2) is 73.5 Å². The number of hydrogen-bond acceptors (Lipinski definition) is 9. The number of carbonyl (C=O) groups is 4. The Kier molecular flexibility index (Phi) is 9.00. The summed E-state index contributed by atoms with van der Waals surface area (Å²) < 4.78 is 17.4. The number of hydrogen-bond donors (Lipinski definition) is 2. The molecule has 2 atom stereocenters. The van der Waals surface area contributed by atoms with Gasteiger partial charge in [-0.1, -0.05) is 30.3 Å². The molecule has 212 valence electrons. The fourth-order valence-corrected chi connectivity index (χ4v) is 3.80. The number of imidazole rings is 1. The van der Waals surface area contributed by atoms with Gasteiger partial charge < -0.3 is 24.6 Å². The summed E-state index contributed by atoms with van der Waals surface area (Å²) >= 11 is 0. The van der Waals surface area contributed by atoms with Crippen LogP contribution in [0.3, 0.4) is 0 Å². The molecular formula is C27H36N4O8. The third-order valence-electron chi connectivity index (χ3n) is 5.56. The largest absolute Gasteiger partial charge is 0.459 e. The highest BCUT2D eigenvalue weighted by molar-refractivity contribution is 5.90. The molecule has 0 saturated carbocycles. The van der Waals surface area contributed by atoms with E-state index in [9.17, 15) is 24.3 Å². The molecule has 0 spiro atoms. The second-order valence-electron chi connectivity index (χ2n) is 11.2. The molecule has 1 aliphatic rings. The first-order chi connectivity index (χ1) is 18.2. The van der Waals surface area contributed by atoms with E-state index in [-0.39, 0.29) is 19.6 Å². The number of esters is 1. The number of aromatic nitrogens is 2. The summed E-state index contributed by atoms with van der Waals surface area (Å²) in [4.78, 5) is 57.3. The van der Waals surface area contributed by atoms with E-state index in [1.54, 1.807) is 65.8 Å². The van der Waals surface area contributed by atoms with Crippen molar-refractivity contribution >= 4 is 24.1 Å². The number of fused-ring (bicyclic) bond motifs is 1. The predicted octanol–water partition coefficient (Wildman–Crippen LogP) is 2.55. The van der Waals surface area contributed by atoms with E-state index in [0.29, 0.717) is 11.4 Å². The Morgan fingerprint density at radius 1 is 1.03 bits per heavy atom. The van der Waals surface area contributed by atoms with Gasteiger partial charge in [-0.3, -0.25) is 9.69 Å². The Morgan fingerprint density at radius 3 is 2.23 bits per heavy atom. The maximum atomic E-state index is 13.4. The van der Waals surface area contributed by atoms with Crippen LogP contribution >= 0.6 is 0 Å². The molecule has 0 saturated heterocycles. The molecular weight excluding hydrogens is 508 g/mol. The van der Waals surface area contributed by atoms with Crippen LogP contribution in [0.2, 0.25) is 0 Å². The van der Waals surface area contributed by atoms with Crippen molar-refractivity contribution in [2.24, 2.45) is 0 Å². The molecule has 0 bridgehead atoms. The Hall–Kier alpha value is -3.93. The van der Waals surface area contributed by atoms with Crippen molar-refractivity contribution in [2.75, 3.05) is 6.61 Å². The van der Waals surface area contributed by atoms with Gasteiger partial charge in [-0.15, -0.1) is 0 Å². The highest BCUT2D eigenvalue weighted by atomic mass is 16.6. The average molecular weight is 545 g/mol. The van der Waals surface area contributed by atoms with E-state index in [1.165, 1.54) is 10.9 Å². The van der Waals surface area contributed by atoms with Gasteiger partial charge >= 0.3 is 18.2 Å². The summed E-state index contributed by atoms with van der Waals surface area (Å²) in [6.07, 6.45) is -0.251. The minimum Gasteiger partial charge on any atom is -0.459 e. The van der Waals surface area contributed by atoms with Gasteiger partial charge in [0.05, 0.1) is 24.5 Å². The van der Waals surface area contributed by atoms with Crippen molar-refractivity contribution in [3.05, 3.63) is 53.6 Å². The molecule has 3 rings (SSSR count). The standard InChI is InChI=1S/C27H36N4O8/c1-26(2,3)38-24(35)30-13-21-18(28-16-31(21)25(36)39-27(4,5)6)12-20(30)22(33)29-19(14-32)23(34)37-15-17-10-8-7-9-11-17/h7-11,16,19-20,32H,12-15H2,1-6H3,(H,29,33)/t19-,20-/m0/s1. The molecule has 2 aromatic rings. The number of amides is 2. The molecule has 0 fully saturated rings. The number of aliphatic hydroxyl groups excluding tert-OH is 1. The maximum Gasteiger partial charge on any atom is 0.420 e. The quantitative estimate of drug-likeness (QED) is 0.413. The third kappa shape index (κ3) is 8.03. The van der Waals surface area contributed by atoms with Crippen molar-refractivity contribution in [1.29, 1.82) is 0 Å². The van der Waals surface area contributed by atoms with Crippen LogP contribution in [0.1, 0.15) is 58.5 Å². The van der Waals surface area contributed by atoms with Crippen LogP contribution in [-0.2, 0) is 43.4 Å². The zero-order valence-corrected chi connectivity index (χ0v) is 23.1. The monoisotopic (exact) mass is 544 g/mol. The smallest absolute Gasteiger partial charge is 0.420 e. The lowest BCUT2D eigenvalue weighted by Crippen LogP contribution is -2.57. The molecule has 0 radical (unpaired) electrons. The number of benzene rings is 1. The SMILES string of the molecule is CC(C)(C)OC(=O)N1Cc2c(ncn2C(=O)OC(C)(C)C)C[C@H]1C(=O)N[C@@H](CO)C(=O)OCc1ccccc1. The highest BCUT2D eigenvalue weighted by Crippen LogP contribution is 2.26.